The number of benzene rings is 1. The highest BCUT2D eigenvalue weighted by molar-refractivity contribution is 7.89. The number of Topliss-reactive ketones (excluding diaryl/α,β-unsaturated/α-hetero) is 1. The highest BCUT2D eigenvalue weighted by atomic mass is 32.2. The zero-order valence-corrected chi connectivity index (χ0v) is 14.7. The minimum absolute atomic E-state index is 0.00440. The Balaban J connectivity index is 1.99. The Morgan fingerprint density at radius 3 is 2.80 bits per heavy atom. The summed E-state index contributed by atoms with van der Waals surface area (Å²) in [4.78, 5) is 22.9. The van der Waals surface area contributed by atoms with Crippen molar-refractivity contribution in [3.05, 3.63) is 35.4 Å². The predicted octanol–water partition coefficient (Wildman–Crippen LogP) is 1.60. The van der Waals surface area contributed by atoms with Crippen LogP contribution in [0.25, 0.3) is 0 Å². The second kappa shape index (κ2) is 6.86. The van der Waals surface area contributed by atoms with E-state index in [2.05, 4.69) is 0 Å². The summed E-state index contributed by atoms with van der Waals surface area (Å²) in [5.41, 5.74) is 0.335. The molecule has 0 spiro atoms. The third-order valence-corrected chi connectivity index (χ3v) is 7.11. The van der Waals surface area contributed by atoms with Gasteiger partial charge in [0.05, 0.1) is 17.7 Å². The molecule has 2 fully saturated rings. The lowest BCUT2D eigenvalue weighted by atomic mass is 10.0. The summed E-state index contributed by atoms with van der Waals surface area (Å²) in [6.07, 6.45) is 1.02. The van der Waals surface area contributed by atoms with Crippen LogP contribution in [-0.4, -0.2) is 54.9 Å². The van der Waals surface area contributed by atoms with Crippen LogP contribution in [0.2, 0.25) is 0 Å². The summed E-state index contributed by atoms with van der Waals surface area (Å²) in [6, 6.07) is 5.62. The van der Waals surface area contributed by atoms with Crippen molar-refractivity contribution < 1.29 is 27.9 Å². The van der Waals surface area contributed by atoms with Gasteiger partial charge in [-0.3, -0.25) is 4.79 Å². The molecule has 1 aromatic rings. The van der Waals surface area contributed by atoms with Crippen LogP contribution >= 0.6 is 0 Å². The minimum atomic E-state index is -3.81. The fourth-order valence-corrected chi connectivity index (χ4v) is 5.91. The van der Waals surface area contributed by atoms with Crippen LogP contribution in [0.4, 0.5) is 0 Å². The van der Waals surface area contributed by atoms with Gasteiger partial charge in [0.1, 0.15) is 11.0 Å². The van der Waals surface area contributed by atoms with Crippen molar-refractivity contribution in [1.29, 1.82) is 0 Å². The summed E-state index contributed by atoms with van der Waals surface area (Å²) in [5.74, 6) is -1.39. The average molecular weight is 367 g/mol. The number of nitrogens with zero attached hydrogens (tertiary/aromatic N) is 1. The van der Waals surface area contributed by atoms with E-state index < -0.39 is 21.2 Å². The largest absolute Gasteiger partial charge is 0.478 e. The fraction of sp³-hybridized carbons (Fsp3) is 0.529. The third kappa shape index (κ3) is 3.47. The summed E-state index contributed by atoms with van der Waals surface area (Å²) in [7, 11) is -3.81. The number of rotatable bonds is 6. The molecule has 3 rings (SSSR count). The van der Waals surface area contributed by atoms with Gasteiger partial charge in [0, 0.05) is 19.6 Å². The molecule has 3 atom stereocenters. The number of carboxylic acid groups (broad SMARTS) is 1. The molecule has 2 heterocycles. The Hall–Kier alpha value is -1.77. The van der Waals surface area contributed by atoms with E-state index in [1.165, 1.54) is 29.4 Å². The van der Waals surface area contributed by atoms with Gasteiger partial charge in [0.25, 0.3) is 0 Å². The molecule has 2 aliphatic rings. The molecule has 1 N–H and O–H groups in total. The number of ether oxygens (including phenoxy) is 1. The number of hydrogen-bond acceptors (Lipinski definition) is 5. The molecule has 2 saturated heterocycles. The quantitative estimate of drug-likeness (QED) is 0.819. The molecule has 7 nitrogen and oxygen atoms in total. The van der Waals surface area contributed by atoms with Gasteiger partial charge in [-0.25, -0.2) is 13.2 Å². The molecule has 0 radical (unpaired) electrons. The van der Waals surface area contributed by atoms with Crippen LogP contribution in [-0.2, 0) is 19.6 Å². The first kappa shape index (κ1) is 18.0. The van der Waals surface area contributed by atoms with Crippen molar-refractivity contribution in [3.63, 3.8) is 0 Å². The number of ketones is 1. The van der Waals surface area contributed by atoms with Gasteiger partial charge in [-0.1, -0.05) is 12.1 Å². The van der Waals surface area contributed by atoms with Gasteiger partial charge in [-0.15, -0.1) is 0 Å². The molecule has 1 unspecified atom stereocenters. The SMILES string of the molecule is CC(=O)CC(c1cccc(C(=O)O)c1)S(=O)(=O)N1CC[C@@H]2OCC[C@H]21. The molecule has 2 aliphatic heterocycles. The lowest BCUT2D eigenvalue weighted by molar-refractivity contribution is -0.117. The maximum absolute atomic E-state index is 13.3. The smallest absolute Gasteiger partial charge is 0.335 e. The van der Waals surface area contributed by atoms with Crippen molar-refractivity contribution in [2.24, 2.45) is 0 Å². The number of carboxylic acids is 1. The molecule has 25 heavy (non-hydrogen) atoms. The standard InChI is InChI=1S/C17H21NO6S/c1-11(19)9-16(12-3-2-4-13(10-12)17(20)21)25(22,23)18-7-5-15-14(18)6-8-24-15/h2-4,10,14-16H,5-9H2,1H3,(H,20,21)/t14-,15+,16?/m1/s1. The van der Waals surface area contributed by atoms with Crippen LogP contribution in [0.15, 0.2) is 24.3 Å². The molecule has 0 bridgehead atoms. The number of carbonyl (C=O) groups is 2. The van der Waals surface area contributed by atoms with Crippen LogP contribution in [0.5, 0.6) is 0 Å². The Labute approximate surface area is 146 Å². The summed E-state index contributed by atoms with van der Waals surface area (Å²) >= 11 is 0. The van der Waals surface area contributed by atoms with Crippen molar-refractivity contribution in [2.75, 3.05) is 13.2 Å². The number of fused-ring (bicyclic) bond motifs is 1. The van der Waals surface area contributed by atoms with Gasteiger partial charge < -0.3 is 9.84 Å². The zero-order valence-electron chi connectivity index (χ0n) is 13.9. The van der Waals surface area contributed by atoms with E-state index in [9.17, 15) is 18.0 Å². The number of hydrogen-bond donors (Lipinski definition) is 1. The lowest BCUT2D eigenvalue weighted by Crippen LogP contribution is -2.40. The predicted molar refractivity (Wildman–Crippen MR) is 89.8 cm³/mol. The number of sulfonamides is 1. The van der Waals surface area contributed by atoms with Crippen molar-refractivity contribution in [1.82, 2.24) is 4.31 Å². The minimum Gasteiger partial charge on any atom is -0.478 e. The molecular weight excluding hydrogens is 346 g/mol. The molecule has 0 saturated carbocycles. The van der Waals surface area contributed by atoms with Crippen LogP contribution in [0.1, 0.15) is 47.4 Å². The van der Waals surface area contributed by atoms with Crippen molar-refractivity contribution >= 4 is 21.8 Å². The Morgan fingerprint density at radius 2 is 2.12 bits per heavy atom. The van der Waals surface area contributed by atoms with Crippen molar-refractivity contribution in [3.8, 4) is 0 Å². The highest BCUT2D eigenvalue weighted by Gasteiger charge is 2.47. The molecule has 0 amide bonds. The molecule has 1 aromatic carbocycles. The van der Waals surface area contributed by atoms with E-state index in [1.54, 1.807) is 6.07 Å². The lowest BCUT2D eigenvalue weighted by Gasteiger charge is -2.28. The molecule has 0 aliphatic carbocycles. The van der Waals surface area contributed by atoms with Crippen LogP contribution < -0.4 is 0 Å². The van der Waals surface area contributed by atoms with E-state index in [0.29, 0.717) is 31.6 Å². The molecule has 8 heteroatoms. The topological polar surface area (TPSA) is 101 Å². The van der Waals surface area contributed by atoms with E-state index in [1.807, 2.05) is 0 Å². The van der Waals surface area contributed by atoms with E-state index in [0.717, 1.165) is 0 Å². The summed E-state index contributed by atoms with van der Waals surface area (Å²) in [5, 5.41) is 8.09. The monoisotopic (exact) mass is 367 g/mol. The Morgan fingerprint density at radius 1 is 1.36 bits per heavy atom. The highest BCUT2D eigenvalue weighted by Crippen LogP contribution is 2.38. The number of aromatic carboxylic acids is 1. The number of carbonyl (C=O) groups excluding carboxylic acids is 1. The van der Waals surface area contributed by atoms with Gasteiger partial charge in [0.2, 0.25) is 10.0 Å². The second-order valence-electron chi connectivity index (χ2n) is 6.53. The van der Waals surface area contributed by atoms with Gasteiger partial charge >= 0.3 is 5.97 Å². The first-order valence-electron chi connectivity index (χ1n) is 8.25. The third-order valence-electron chi connectivity index (χ3n) is 4.84. The van der Waals surface area contributed by atoms with Gasteiger partial charge in [-0.05, 0) is 37.5 Å². The first-order valence-corrected chi connectivity index (χ1v) is 9.76. The Bertz CT molecular complexity index is 790. The first-order chi connectivity index (χ1) is 11.8. The van der Waals surface area contributed by atoms with Crippen molar-refractivity contribution in [2.45, 2.75) is 43.6 Å². The van der Waals surface area contributed by atoms with E-state index in [4.69, 9.17) is 9.84 Å². The Kier molecular flexibility index (Phi) is 4.95. The molecule has 136 valence electrons. The normalized spacial score (nSPS) is 24.8. The molecule has 0 aromatic heterocycles. The van der Waals surface area contributed by atoms with E-state index in [-0.39, 0.29) is 29.9 Å². The second-order valence-corrected chi connectivity index (χ2v) is 8.60. The van der Waals surface area contributed by atoms with Crippen LogP contribution in [0, 0.1) is 0 Å². The van der Waals surface area contributed by atoms with E-state index >= 15 is 0 Å². The zero-order chi connectivity index (χ0) is 18.2. The summed E-state index contributed by atoms with van der Waals surface area (Å²) < 4.78 is 33.5. The molecular formula is C17H21NO6S. The maximum Gasteiger partial charge on any atom is 0.335 e. The van der Waals surface area contributed by atoms with Gasteiger partial charge in [-0.2, -0.15) is 4.31 Å². The fourth-order valence-electron chi connectivity index (χ4n) is 3.67. The summed E-state index contributed by atoms with van der Waals surface area (Å²) in [6.45, 7) is 2.24. The van der Waals surface area contributed by atoms with Crippen LogP contribution in [0.3, 0.4) is 0 Å². The van der Waals surface area contributed by atoms with Gasteiger partial charge in [0.15, 0.2) is 0 Å². The average Bonchev–Trinajstić information content (AvgIpc) is 3.15. The maximum atomic E-state index is 13.3.